The maximum absolute atomic E-state index is 5.38. The Morgan fingerprint density at radius 2 is 2.14 bits per heavy atom. The third kappa shape index (κ3) is 5.13. The Morgan fingerprint density at radius 3 is 2.86 bits per heavy atom. The molecule has 1 atom stereocenters. The number of hydrogen-bond donors (Lipinski definition) is 2. The second kappa shape index (κ2) is 8.14. The van der Waals surface area contributed by atoms with Crippen LogP contribution in [-0.4, -0.2) is 60.3 Å². The lowest BCUT2D eigenvalue weighted by atomic mass is 10.2. The fraction of sp³-hybridized carbons (Fsp3) is 0.733. The van der Waals surface area contributed by atoms with Crippen molar-refractivity contribution in [1.29, 1.82) is 0 Å². The van der Waals surface area contributed by atoms with Gasteiger partial charge in [-0.05, 0) is 20.3 Å². The van der Waals surface area contributed by atoms with Gasteiger partial charge in [0.1, 0.15) is 5.82 Å². The minimum Gasteiger partial charge on any atom is -0.379 e. The molecule has 1 aromatic heterocycles. The van der Waals surface area contributed by atoms with Gasteiger partial charge in [0.25, 0.3) is 0 Å². The van der Waals surface area contributed by atoms with Crippen LogP contribution in [0.15, 0.2) is 6.20 Å². The van der Waals surface area contributed by atoms with Gasteiger partial charge in [-0.1, -0.05) is 6.92 Å². The van der Waals surface area contributed by atoms with E-state index in [1.54, 1.807) is 0 Å². The van der Waals surface area contributed by atoms with E-state index in [1.165, 1.54) is 0 Å². The maximum atomic E-state index is 5.38. The van der Waals surface area contributed by atoms with Crippen molar-refractivity contribution in [3.8, 4) is 0 Å². The number of hydrogen-bond acceptors (Lipinski definition) is 6. The van der Waals surface area contributed by atoms with Crippen molar-refractivity contribution in [3.63, 3.8) is 0 Å². The van der Waals surface area contributed by atoms with E-state index >= 15 is 0 Å². The molecular formula is C15H27N5O. The molecule has 1 fully saturated rings. The van der Waals surface area contributed by atoms with Gasteiger partial charge >= 0.3 is 0 Å². The minimum atomic E-state index is 0.343. The number of aryl methyl sites for hydroxylation is 1. The molecule has 0 bridgehead atoms. The molecule has 0 saturated carbocycles. The number of ether oxygens (including phenoxy) is 1. The Kier molecular flexibility index (Phi) is 6.20. The molecular weight excluding hydrogens is 266 g/mol. The van der Waals surface area contributed by atoms with Crippen molar-refractivity contribution in [1.82, 2.24) is 14.9 Å². The number of rotatable bonds is 7. The molecule has 2 N–H and O–H groups in total. The SMILES string of the molecule is CCCNc1ncc(C)c(NC(C)CN2CCOCC2)n1. The van der Waals surface area contributed by atoms with E-state index in [4.69, 9.17) is 4.74 Å². The highest BCUT2D eigenvalue weighted by atomic mass is 16.5. The topological polar surface area (TPSA) is 62.3 Å². The van der Waals surface area contributed by atoms with Gasteiger partial charge in [-0.15, -0.1) is 0 Å². The first-order valence-electron chi connectivity index (χ1n) is 7.83. The van der Waals surface area contributed by atoms with E-state index in [-0.39, 0.29) is 0 Å². The predicted molar refractivity (Wildman–Crippen MR) is 85.9 cm³/mol. The van der Waals surface area contributed by atoms with Crippen LogP contribution in [0.5, 0.6) is 0 Å². The second-order valence-electron chi connectivity index (χ2n) is 5.61. The summed E-state index contributed by atoms with van der Waals surface area (Å²) in [6.07, 6.45) is 2.93. The van der Waals surface area contributed by atoms with Crippen LogP contribution in [-0.2, 0) is 4.74 Å². The Bertz CT molecular complexity index is 434. The summed E-state index contributed by atoms with van der Waals surface area (Å²) in [6.45, 7) is 12.0. The quantitative estimate of drug-likeness (QED) is 0.798. The number of nitrogens with one attached hydrogen (secondary N) is 2. The molecule has 1 aromatic rings. The van der Waals surface area contributed by atoms with E-state index in [2.05, 4.69) is 39.3 Å². The Morgan fingerprint density at radius 1 is 1.38 bits per heavy atom. The second-order valence-corrected chi connectivity index (χ2v) is 5.61. The van der Waals surface area contributed by atoms with Gasteiger partial charge in [-0.3, -0.25) is 4.90 Å². The number of nitrogens with zero attached hydrogens (tertiary/aromatic N) is 3. The van der Waals surface area contributed by atoms with Crippen LogP contribution in [0.25, 0.3) is 0 Å². The van der Waals surface area contributed by atoms with E-state index in [0.29, 0.717) is 12.0 Å². The van der Waals surface area contributed by atoms with Gasteiger partial charge < -0.3 is 15.4 Å². The summed E-state index contributed by atoms with van der Waals surface area (Å²) in [5.74, 6) is 1.62. The van der Waals surface area contributed by atoms with Crippen molar-refractivity contribution in [2.45, 2.75) is 33.2 Å². The monoisotopic (exact) mass is 293 g/mol. The summed E-state index contributed by atoms with van der Waals surface area (Å²) in [5, 5.41) is 6.73. The van der Waals surface area contributed by atoms with E-state index < -0.39 is 0 Å². The molecule has 1 saturated heterocycles. The van der Waals surface area contributed by atoms with Crippen LogP contribution in [0.2, 0.25) is 0 Å². The number of morpholine rings is 1. The molecule has 2 heterocycles. The van der Waals surface area contributed by atoms with Gasteiger partial charge in [0.2, 0.25) is 5.95 Å². The molecule has 6 nitrogen and oxygen atoms in total. The normalized spacial score (nSPS) is 17.5. The summed E-state index contributed by atoms with van der Waals surface area (Å²) < 4.78 is 5.38. The smallest absolute Gasteiger partial charge is 0.224 e. The van der Waals surface area contributed by atoms with Crippen molar-refractivity contribution < 1.29 is 4.74 Å². The molecule has 0 amide bonds. The zero-order valence-electron chi connectivity index (χ0n) is 13.4. The Hall–Kier alpha value is -1.40. The maximum Gasteiger partial charge on any atom is 0.224 e. The molecule has 2 rings (SSSR count). The van der Waals surface area contributed by atoms with Gasteiger partial charge in [0.05, 0.1) is 13.2 Å². The third-order valence-corrected chi connectivity index (χ3v) is 3.52. The van der Waals surface area contributed by atoms with Crippen LogP contribution in [0.1, 0.15) is 25.8 Å². The van der Waals surface area contributed by atoms with Crippen LogP contribution < -0.4 is 10.6 Å². The summed E-state index contributed by atoms with van der Waals surface area (Å²) in [5.41, 5.74) is 1.07. The molecule has 1 unspecified atom stereocenters. The Balaban J connectivity index is 1.90. The first-order chi connectivity index (χ1) is 10.2. The minimum absolute atomic E-state index is 0.343. The Labute approximate surface area is 127 Å². The largest absolute Gasteiger partial charge is 0.379 e. The van der Waals surface area contributed by atoms with E-state index in [9.17, 15) is 0 Å². The lowest BCUT2D eigenvalue weighted by molar-refractivity contribution is 0.0368. The molecule has 1 aliphatic heterocycles. The highest BCUT2D eigenvalue weighted by Crippen LogP contribution is 2.14. The molecule has 0 aliphatic carbocycles. The summed E-state index contributed by atoms with van der Waals surface area (Å²) in [7, 11) is 0. The van der Waals surface area contributed by atoms with E-state index in [0.717, 1.165) is 57.2 Å². The van der Waals surface area contributed by atoms with Gasteiger partial charge in [-0.25, -0.2) is 4.98 Å². The molecule has 0 aromatic carbocycles. The molecule has 118 valence electrons. The van der Waals surface area contributed by atoms with Crippen LogP contribution in [0.4, 0.5) is 11.8 Å². The van der Waals surface area contributed by atoms with Crippen molar-refractivity contribution in [3.05, 3.63) is 11.8 Å². The highest BCUT2D eigenvalue weighted by molar-refractivity contribution is 5.47. The van der Waals surface area contributed by atoms with E-state index in [1.807, 2.05) is 13.1 Å². The number of aromatic nitrogens is 2. The average molecular weight is 293 g/mol. The lowest BCUT2D eigenvalue weighted by Gasteiger charge is -2.29. The van der Waals surface area contributed by atoms with Crippen molar-refractivity contribution in [2.75, 3.05) is 50.0 Å². The summed E-state index contributed by atoms with van der Waals surface area (Å²) in [4.78, 5) is 11.3. The third-order valence-electron chi connectivity index (χ3n) is 3.52. The highest BCUT2D eigenvalue weighted by Gasteiger charge is 2.14. The van der Waals surface area contributed by atoms with Crippen molar-refractivity contribution >= 4 is 11.8 Å². The summed E-state index contributed by atoms with van der Waals surface area (Å²) in [6, 6.07) is 0.343. The predicted octanol–water partition coefficient (Wildman–Crippen LogP) is 1.74. The first kappa shape index (κ1) is 16.0. The van der Waals surface area contributed by atoms with Crippen LogP contribution >= 0.6 is 0 Å². The zero-order valence-corrected chi connectivity index (χ0v) is 13.4. The zero-order chi connectivity index (χ0) is 15.1. The van der Waals surface area contributed by atoms with Gasteiger partial charge in [0.15, 0.2) is 0 Å². The number of anilines is 2. The first-order valence-corrected chi connectivity index (χ1v) is 7.83. The van der Waals surface area contributed by atoms with Crippen molar-refractivity contribution in [2.24, 2.45) is 0 Å². The fourth-order valence-corrected chi connectivity index (χ4v) is 2.36. The molecule has 1 aliphatic rings. The lowest BCUT2D eigenvalue weighted by Crippen LogP contribution is -2.42. The molecule has 6 heteroatoms. The molecule has 21 heavy (non-hydrogen) atoms. The summed E-state index contributed by atoms with van der Waals surface area (Å²) >= 11 is 0. The molecule has 0 spiro atoms. The van der Waals surface area contributed by atoms with Crippen LogP contribution in [0, 0.1) is 6.92 Å². The van der Waals surface area contributed by atoms with Gasteiger partial charge in [0, 0.05) is 44.0 Å². The average Bonchev–Trinajstić information content (AvgIpc) is 2.49. The standard InChI is InChI=1S/C15H27N5O/c1-4-5-16-15-17-10-12(2)14(19-15)18-13(3)11-20-6-8-21-9-7-20/h10,13H,4-9,11H2,1-3H3,(H2,16,17,18,19). The van der Waals surface area contributed by atoms with Gasteiger partial charge in [-0.2, -0.15) is 4.98 Å². The fourth-order valence-electron chi connectivity index (χ4n) is 2.36. The van der Waals surface area contributed by atoms with Crippen LogP contribution in [0.3, 0.4) is 0 Å². The molecule has 0 radical (unpaired) electrons.